The van der Waals surface area contributed by atoms with E-state index in [1.807, 2.05) is 0 Å². The first-order valence-corrected chi connectivity index (χ1v) is 10.3. The summed E-state index contributed by atoms with van der Waals surface area (Å²) >= 11 is 0. The van der Waals surface area contributed by atoms with Crippen molar-refractivity contribution in [1.82, 2.24) is 9.88 Å². The van der Waals surface area contributed by atoms with E-state index in [2.05, 4.69) is 5.32 Å². The molecule has 2 aliphatic carbocycles. The number of nitrogens with zero attached hydrogens (tertiary/aromatic N) is 1. The maximum atomic E-state index is 15.8. The first-order chi connectivity index (χ1) is 14.3. The monoisotopic (exact) mass is 421 g/mol. The van der Waals surface area contributed by atoms with Gasteiger partial charge in [-0.25, -0.2) is 18.0 Å². The zero-order valence-corrected chi connectivity index (χ0v) is 16.1. The zero-order valence-electron chi connectivity index (χ0n) is 16.1. The fourth-order valence-corrected chi connectivity index (χ4v) is 5.38. The Morgan fingerprint density at radius 1 is 1.23 bits per heavy atom. The average Bonchev–Trinajstić information content (AvgIpc) is 3.27. The quantitative estimate of drug-likeness (QED) is 0.662. The number of hydrogen-bond donors (Lipinski definition) is 3. The largest absolute Gasteiger partial charge is 0.477 e. The Kier molecular flexibility index (Phi) is 4.36. The highest BCUT2D eigenvalue weighted by Gasteiger charge is 2.43. The molecule has 6 nitrogen and oxygen atoms in total. The first kappa shape index (κ1) is 19.4. The Morgan fingerprint density at radius 3 is 2.60 bits per heavy atom. The Hall–Kier alpha value is -2.55. The number of nitrogens with two attached hydrogens (primary N) is 1. The highest BCUT2D eigenvalue weighted by molar-refractivity contribution is 5.98. The minimum Gasteiger partial charge on any atom is -0.477 e. The van der Waals surface area contributed by atoms with Crippen LogP contribution in [0.5, 0.6) is 0 Å². The molecule has 1 saturated heterocycles. The van der Waals surface area contributed by atoms with Gasteiger partial charge in [-0.1, -0.05) is 0 Å². The number of nitrogens with one attached hydrogen (secondary N) is 1. The smallest absolute Gasteiger partial charge is 0.341 e. The van der Waals surface area contributed by atoms with Crippen LogP contribution in [0.3, 0.4) is 0 Å². The van der Waals surface area contributed by atoms with Gasteiger partial charge in [0.05, 0.1) is 22.6 Å². The number of rotatable bonds is 3. The number of fused-ring (bicyclic) bond motifs is 2. The molecule has 3 fully saturated rings. The average molecular weight is 421 g/mol. The number of piperidine rings is 1. The van der Waals surface area contributed by atoms with Crippen LogP contribution in [-0.4, -0.2) is 34.4 Å². The Morgan fingerprint density at radius 2 is 1.97 bits per heavy atom. The lowest BCUT2D eigenvalue weighted by molar-refractivity contribution is 0.0694. The zero-order chi connectivity index (χ0) is 21.3. The van der Waals surface area contributed by atoms with Gasteiger partial charge in [0, 0.05) is 24.2 Å². The van der Waals surface area contributed by atoms with Gasteiger partial charge in [0.15, 0.2) is 11.6 Å². The van der Waals surface area contributed by atoms with Crippen LogP contribution < -0.4 is 16.5 Å². The molecule has 30 heavy (non-hydrogen) atoms. The van der Waals surface area contributed by atoms with Gasteiger partial charge in [-0.3, -0.25) is 4.79 Å². The molecule has 2 saturated carbocycles. The molecular formula is C21H22F3N3O3. The number of alkyl halides is 1. The van der Waals surface area contributed by atoms with Crippen molar-refractivity contribution in [3.63, 3.8) is 0 Å². The summed E-state index contributed by atoms with van der Waals surface area (Å²) in [6.45, 7) is 0.871. The van der Waals surface area contributed by atoms with E-state index in [9.17, 15) is 19.1 Å². The van der Waals surface area contributed by atoms with Gasteiger partial charge in [-0.15, -0.1) is 0 Å². The van der Waals surface area contributed by atoms with Crippen LogP contribution in [0.2, 0.25) is 0 Å². The number of carbonyl (C=O) groups is 1. The molecule has 0 amide bonds. The molecule has 3 aliphatic rings. The highest BCUT2D eigenvalue weighted by Crippen LogP contribution is 2.47. The summed E-state index contributed by atoms with van der Waals surface area (Å²) in [5, 5.41) is 12.2. The molecule has 0 spiro atoms. The van der Waals surface area contributed by atoms with E-state index >= 15 is 8.78 Å². The van der Waals surface area contributed by atoms with Gasteiger partial charge in [0.2, 0.25) is 5.43 Å². The minimum absolute atomic E-state index is 0.0700. The SMILES string of the molecule is Nc1c(F)c(C2CC3CCCNC3C2)c(F)c2c1c(=O)c(C(=O)O)cn2C1CC1F. The normalized spacial score (nSPS) is 30.4. The Balaban J connectivity index is 1.75. The third kappa shape index (κ3) is 2.74. The van der Waals surface area contributed by atoms with Crippen molar-refractivity contribution >= 4 is 22.6 Å². The van der Waals surface area contributed by atoms with Gasteiger partial charge in [0.1, 0.15) is 11.7 Å². The molecule has 5 rings (SSSR count). The Bertz CT molecular complexity index is 1120. The molecule has 1 aromatic carbocycles. The summed E-state index contributed by atoms with van der Waals surface area (Å²) < 4.78 is 46.1. The number of nitrogen functional groups attached to an aromatic ring is 1. The molecular weight excluding hydrogens is 399 g/mol. The van der Waals surface area contributed by atoms with Crippen molar-refractivity contribution in [2.75, 3.05) is 12.3 Å². The van der Waals surface area contributed by atoms with Crippen LogP contribution in [0.1, 0.15) is 60.0 Å². The number of benzene rings is 1. The van der Waals surface area contributed by atoms with Crippen molar-refractivity contribution in [2.24, 2.45) is 5.92 Å². The number of aromatic carboxylic acids is 1. The maximum absolute atomic E-state index is 15.8. The third-order valence-corrected chi connectivity index (χ3v) is 6.95. The molecule has 5 unspecified atom stereocenters. The lowest BCUT2D eigenvalue weighted by Gasteiger charge is -2.25. The summed E-state index contributed by atoms with van der Waals surface area (Å²) in [4.78, 5) is 24.2. The van der Waals surface area contributed by atoms with E-state index < -0.39 is 57.8 Å². The summed E-state index contributed by atoms with van der Waals surface area (Å²) in [7, 11) is 0. The van der Waals surface area contributed by atoms with Crippen molar-refractivity contribution in [3.8, 4) is 0 Å². The van der Waals surface area contributed by atoms with E-state index in [4.69, 9.17) is 5.73 Å². The van der Waals surface area contributed by atoms with E-state index in [1.165, 1.54) is 0 Å². The second kappa shape index (κ2) is 6.73. The molecule has 9 heteroatoms. The molecule has 160 valence electrons. The predicted octanol–water partition coefficient (Wildman–Crippen LogP) is 3.09. The number of aromatic nitrogens is 1. The van der Waals surface area contributed by atoms with Gasteiger partial charge >= 0.3 is 5.97 Å². The summed E-state index contributed by atoms with van der Waals surface area (Å²) in [5.74, 6) is -3.60. The molecule has 0 bridgehead atoms. The van der Waals surface area contributed by atoms with Crippen LogP contribution in [0.25, 0.3) is 10.9 Å². The second-order valence-electron chi connectivity index (χ2n) is 8.71. The van der Waals surface area contributed by atoms with Crippen molar-refractivity contribution in [1.29, 1.82) is 0 Å². The first-order valence-electron chi connectivity index (χ1n) is 10.3. The van der Waals surface area contributed by atoms with Crippen LogP contribution in [0.4, 0.5) is 18.9 Å². The predicted molar refractivity (Wildman–Crippen MR) is 105 cm³/mol. The molecule has 4 N–H and O–H groups in total. The van der Waals surface area contributed by atoms with Gasteiger partial charge in [0.25, 0.3) is 0 Å². The van der Waals surface area contributed by atoms with Gasteiger partial charge < -0.3 is 20.7 Å². The number of carboxylic acid groups (broad SMARTS) is 1. The molecule has 1 aliphatic heterocycles. The molecule has 1 aromatic heterocycles. The topological polar surface area (TPSA) is 97.3 Å². The van der Waals surface area contributed by atoms with E-state index in [1.54, 1.807) is 0 Å². The van der Waals surface area contributed by atoms with Crippen LogP contribution in [0.15, 0.2) is 11.0 Å². The molecule has 5 atom stereocenters. The standard InChI is InChI=1S/C21H22F3N3O3/c22-11-6-13(11)27-7-10(21(29)30)20(28)15-18(25)16(23)14(17(24)19(15)27)9-4-8-2-1-3-26-12(8)5-9/h7-9,11-13,26H,1-6,25H2,(H,29,30). The maximum Gasteiger partial charge on any atom is 0.341 e. The fourth-order valence-electron chi connectivity index (χ4n) is 5.38. The fraction of sp³-hybridized carbons (Fsp3) is 0.524. The van der Waals surface area contributed by atoms with Crippen LogP contribution >= 0.6 is 0 Å². The van der Waals surface area contributed by atoms with Crippen molar-refractivity contribution in [2.45, 2.75) is 56.3 Å². The van der Waals surface area contributed by atoms with Crippen molar-refractivity contribution in [3.05, 3.63) is 39.2 Å². The number of carboxylic acids is 1. The molecule has 0 radical (unpaired) electrons. The third-order valence-electron chi connectivity index (χ3n) is 6.95. The number of halogens is 3. The summed E-state index contributed by atoms with van der Waals surface area (Å²) in [6.07, 6.45) is 2.89. The number of anilines is 1. The number of pyridine rings is 1. The van der Waals surface area contributed by atoms with E-state index in [0.717, 1.165) is 30.2 Å². The van der Waals surface area contributed by atoms with Gasteiger partial charge in [-0.05, 0) is 44.1 Å². The molecule has 2 aromatic rings. The lowest BCUT2D eigenvalue weighted by Crippen LogP contribution is -2.37. The molecule has 2 heterocycles. The summed E-state index contributed by atoms with van der Waals surface area (Å²) in [5.41, 5.74) is 3.15. The highest BCUT2D eigenvalue weighted by atomic mass is 19.1. The van der Waals surface area contributed by atoms with Crippen molar-refractivity contribution < 1.29 is 23.1 Å². The minimum atomic E-state index is -1.55. The van der Waals surface area contributed by atoms with E-state index in [-0.39, 0.29) is 23.5 Å². The van der Waals surface area contributed by atoms with Crippen LogP contribution in [-0.2, 0) is 0 Å². The van der Waals surface area contributed by atoms with E-state index in [0.29, 0.717) is 18.8 Å². The van der Waals surface area contributed by atoms with Gasteiger partial charge in [-0.2, -0.15) is 0 Å². The van der Waals surface area contributed by atoms with Crippen LogP contribution in [0, 0.1) is 17.6 Å². The number of hydrogen-bond acceptors (Lipinski definition) is 4. The summed E-state index contributed by atoms with van der Waals surface area (Å²) in [6, 6.07) is -0.624. The lowest BCUT2D eigenvalue weighted by atomic mass is 9.91. The Labute approximate surface area is 169 Å². The second-order valence-corrected chi connectivity index (χ2v) is 8.71.